The molecule has 0 fully saturated rings. The van der Waals surface area contributed by atoms with Crippen LogP contribution in [0.15, 0.2) is 146 Å². The first-order chi connectivity index (χ1) is 32.4. The standard InChI is InChI=1S/C62H62N2O2/c1-5-9-37-63(38-10-6-2)61(65)45-25-21-43(22-26-45)55-51-31-29-41-17-13-15-19-47(41)57(51)59-49-34-36-54-56(44-23-27-46(28-24-44)62(66)64(39-11-7-3)40-12-8-4)52-32-30-42-18-14-16-20-48(42)58(52)60(54)50(49)33-35-53(55)59/h13-36,55-56H,5-12,37-40H2,1-4H3. The number of amides is 2. The van der Waals surface area contributed by atoms with E-state index >= 15 is 0 Å². The maximum Gasteiger partial charge on any atom is 0.253 e. The van der Waals surface area contributed by atoms with Gasteiger partial charge in [0.25, 0.3) is 11.8 Å². The maximum atomic E-state index is 13.9. The lowest BCUT2D eigenvalue weighted by atomic mass is 9.86. The molecule has 8 aromatic rings. The minimum atomic E-state index is 0.0275. The van der Waals surface area contributed by atoms with E-state index in [0.717, 1.165) is 88.7 Å². The summed E-state index contributed by atoms with van der Waals surface area (Å²) < 4.78 is 0. The lowest BCUT2D eigenvalue weighted by Crippen LogP contribution is -2.32. The molecule has 8 aromatic carbocycles. The molecule has 0 bridgehead atoms. The first-order valence-electron chi connectivity index (χ1n) is 24.9. The van der Waals surface area contributed by atoms with E-state index < -0.39 is 0 Å². The Balaban J connectivity index is 1.11. The van der Waals surface area contributed by atoms with Gasteiger partial charge < -0.3 is 9.80 Å². The van der Waals surface area contributed by atoms with Crippen molar-refractivity contribution in [2.45, 2.75) is 90.9 Å². The molecule has 4 heteroatoms. The topological polar surface area (TPSA) is 40.6 Å². The SMILES string of the molecule is CCCCN(CCCC)C(=O)c1ccc(C2c3ccc4ccccc4c3-c3c2ccc2c4c(ccc32)C(c2ccc(C(=O)N(CCCC)CCCC)cc2)c2ccc3ccccc3c2-4)cc1. The van der Waals surface area contributed by atoms with Crippen LogP contribution in [0.3, 0.4) is 0 Å². The van der Waals surface area contributed by atoms with Crippen LogP contribution in [0.25, 0.3) is 54.6 Å². The van der Waals surface area contributed by atoms with Crippen molar-refractivity contribution in [3.63, 3.8) is 0 Å². The molecule has 2 aliphatic carbocycles. The van der Waals surface area contributed by atoms with Crippen LogP contribution in [0, 0.1) is 0 Å². The predicted molar refractivity (Wildman–Crippen MR) is 276 cm³/mol. The minimum Gasteiger partial charge on any atom is -0.339 e. The fraction of sp³-hybridized carbons (Fsp3) is 0.290. The van der Waals surface area contributed by atoms with Gasteiger partial charge >= 0.3 is 0 Å². The average Bonchev–Trinajstić information content (AvgIpc) is 3.90. The van der Waals surface area contributed by atoms with Gasteiger partial charge in [0.05, 0.1) is 0 Å². The van der Waals surface area contributed by atoms with E-state index in [0.29, 0.717) is 0 Å². The fourth-order valence-electron chi connectivity index (χ4n) is 11.2. The van der Waals surface area contributed by atoms with E-state index in [1.54, 1.807) is 0 Å². The Hall–Kier alpha value is -6.52. The van der Waals surface area contributed by atoms with Gasteiger partial charge in [-0.3, -0.25) is 9.59 Å². The number of hydrogen-bond donors (Lipinski definition) is 0. The number of unbranched alkanes of at least 4 members (excludes halogenated alkanes) is 4. The zero-order valence-electron chi connectivity index (χ0n) is 39.2. The third kappa shape index (κ3) is 7.59. The van der Waals surface area contributed by atoms with Crippen LogP contribution in [0.4, 0.5) is 0 Å². The summed E-state index contributed by atoms with van der Waals surface area (Å²) in [5, 5.41) is 7.53. The molecule has 0 radical (unpaired) electrons. The average molecular weight is 867 g/mol. The molecule has 0 saturated heterocycles. The fourth-order valence-corrected chi connectivity index (χ4v) is 11.2. The normalized spacial score (nSPS) is 14.6. The number of benzene rings is 8. The molecule has 0 aromatic heterocycles. The summed E-state index contributed by atoms with van der Waals surface area (Å²) in [6.07, 6.45) is 8.35. The summed E-state index contributed by atoms with van der Waals surface area (Å²) in [5.41, 5.74) is 14.4. The summed E-state index contributed by atoms with van der Waals surface area (Å²) in [4.78, 5) is 31.9. The van der Waals surface area contributed by atoms with Gasteiger partial charge in [0.1, 0.15) is 0 Å². The third-order valence-corrected chi connectivity index (χ3v) is 14.6. The van der Waals surface area contributed by atoms with Crippen molar-refractivity contribution in [3.8, 4) is 22.3 Å². The van der Waals surface area contributed by atoms with Crippen molar-refractivity contribution < 1.29 is 9.59 Å². The maximum absolute atomic E-state index is 13.9. The van der Waals surface area contributed by atoms with Crippen LogP contribution >= 0.6 is 0 Å². The molecular weight excluding hydrogens is 805 g/mol. The summed E-state index contributed by atoms with van der Waals surface area (Å²) in [5.74, 6) is 0.321. The highest BCUT2D eigenvalue weighted by Crippen LogP contribution is 2.58. The molecule has 0 heterocycles. The smallest absolute Gasteiger partial charge is 0.253 e. The second-order valence-electron chi connectivity index (χ2n) is 18.8. The second kappa shape index (κ2) is 18.8. The molecule has 2 amide bonds. The molecular formula is C62H62N2O2. The van der Waals surface area contributed by atoms with E-state index in [9.17, 15) is 9.59 Å². The number of hydrogen-bond acceptors (Lipinski definition) is 2. The highest BCUT2D eigenvalue weighted by molar-refractivity contribution is 6.17. The van der Waals surface area contributed by atoms with Crippen LogP contribution < -0.4 is 0 Å². The monoisotopic (exact) mass is 866 g/mol. The number of fused-ring (bicyclic) bond motifs is 13. The van der Waals surface area contributed by atoms with E-state index in [-0.39, 0.29) is 23.7 Å². The van der Waals surface area contributed by atoms with Crippen molar-refractivity contribution in [1.82, 2.24) is 9.80 Å². The summed E-state index contributed by atoms with van der Waals surface area (Å²) >= 11 is 0. The molecule has 2 aliphatic rings. The van der Waals surface area contributed by atoms with Crippen molar-refractivity contribution in [1.29, 1.82) is 0 Å². The van der Waals surface area contributed by atoms with Gasteiger partial charge in [0.15, 0.2) is 0 Å². The lowest BCUT2D eigenvalue weighted by molar-refractivity contribution is 0.0743. The Morgan fingerprint density at radius 2 is 0.682 bits per heavy atom. The molecule has 0 aliphatic heterocycles. The number of nitrogens with zero attached hydrogens (tertiary/aromatic N) is 2. The molecule has 66 heavy (non-hydrogen) atoms. The third-order valence-electron chi connectivity index (χ3n) is 14.6. The van der Waals surface area contributed by atoms with Crippen LogP contribution in [0.1, 0.15) is 145 Å². The molecule has 2 unspecified atom stereocenters. The van der Waals surface area contributed by atoms with Crippen molar-refractivity contribution in [2.24, 2.45) is 0 Å². The van der Waals surface area contributed by atoms with Gasteiger partial charge in [-0.05, 0) is 138 Å². The van der Waals surface area contributed by atoms with Gasteiger partial charge in [-0.25, -0.2) is 0 Å². The van der Waals surface area contributed by atoms with Crippen molar-refractivity contribution in [3.05, 3.63) is 190 Å². The van der Waals surface area contributed by atoms with Gasteiger partial charge in [-0.2, -0.15) is 0 Å². The van der Waals surface area contributed by atoms with E-state index in [1.165, 1.54) is 88.0 Å². The highest BCUT2D eigenvalue weighted by Gasteiger charge is 2.37. The first-order valence-corrected chi connectivity index (χ1v) is 24.9. The molecule has 4 nitrogen and oxygen atoms in total. The Kier molecular flexibility index (Phi) is 12.3. The Bertz CT molecular complexity index is 2860. The molecule has 332 valence electrons. The quantitative estimate of drug-likeness (QED) is 0.0971. The van der Waals surface area contributed by atoms with E-state index in [4.69, 9.17) is 0 Å². The Morgan fingerprint density at radius 1 is 0.364 bits per heavy atom. The van der Waals surface area contributed by atoms with Gasteiger partial charge in [0.2, 0.25) is 0 Å². The molecule has 0 N–H and O–H groups in total. The predicted octanol–water partition coefficient (Wildman–Crippen LogP) is 15.6. The summed E-state index contributed by atoms with van der Waals surface area (Å²) in [6.45, 7) is 12.0. The minimum absolute atomic E-state index is 0.0275. The van der Waals surface area contributed by atoms with Crippen molar-refractivity contribution in [2.75, 3.05) is 26.2 Å². The Morgan fingerprint density at radius 3 is 1.03 bits per heavy atom. The van der Waals surface area contributed by atoms with Crippen LogP contribution in [0.2, 0.25) is 0 Å². The zero-order chi connectivity index (χ0) is 45.3. The number of carbonyl (C=O) groups is 2. The Labute approximate surface area is 391 Å². The molecule has 2 atom stereocenters. The number of rotatable bonds is 16. The molecule has 0 spiro atoms. The van der Waals surface area contributed by atoms with Gasteiger partial charge in [0, 0.05) is 49.1 Å². The van der Waals surface area contributed by atoms with Gasteiger partial charge in [-0.15, -0.1) is 0 Å². The van der Waals surface area contributed by atoms with Gasteiger partial charge in [-0.1, -0.05) is 175 Å². The lowest BCUT2D eigenvalue weighted by Gasteiger charge is -2.23. The van der Waals surface area contributed by atoms with Crippen LogP contribution in [0.5, 0.6) is 0 Å². The van der Waals surface area contributed by atoms with E-state index in [2.05, 4.69) is 183 Å². The molecule has 10 rings (SSSR count). The second-order valence-corrected chi connectivity index (χ2v) is 18.8. The zero-order valence-corrected chi connectivity index (χ0v) is 39.2. The van der Waals surface area contributed by atoms with Crippen LogP contribution in [-0.2, 0) is 0 Å². The summed E-state index contributed by atoms with van der Waals surface area (Å²) in [7, 11) is 0. The largest absolute Gasteiger partial charge is 0.339 e. The summed E-state index contributed by atoms with van der Waals surface area (Å²) in [6, 6.07) is 53.6. The molecule has 0 saturated carbocycles. The number of carbonyl (C=O) groups excluding carboxylic acids is 2. The first kappa shape index (κ1) is 43.4. The van der Waals surface area contributed by atoms with E-state index in [1.807, 2.05) is 0 Å². The van der Waals surface area contributed by atoms with Crippen LogP contribution in [-0.4, -0.2) is 47.8 Å². The highest BCUT2D eigenvalue weighted by atomic mass is 16.2. The van der Waals surface area contributed by atoms with Crippen molar-refractivity contribution >= 4 is 44.1 Å².